The topological polar surface area (TPSA) is 83.5 Å². The van der Waals surface area contributed by atoms with Gasteiger partial charge in [-0.1, -0.05) is 6.08 Å². The normalized spacial score (nSPS) is 26.1. The first-order valence-electron chi connectivity index (χ1n) is 6.90. The fraction of sp³-hybridized carbons (Fsp3) is 0.500. The molecule has 2 aliphatic rings. The lowest BCUT2D eigenvalue weighted by molar-refractivity contribution is 0.239. The summed E-state index contributed by atoms with van der Waals surface area (Å²) in [4.78, 5) is 3.94. The van der Waals surface area contributed by atoms with Crippen molar-refractivity contribution >= 4 is 22.9 Å². The molecule has 1 aromatic heterocycles. The molecule has 0 radical (unpaired) electrons. The first-order chi connectivity index (χ1) is 10.1. The summed E-state index contributed by atoms with van der Waals surface area (Å²) in [6.07, 6.45) is 5.36. The molecule has 0 spiro atoms. The second kappa shape index (κ2) is 5.71. The van der Waals surface area contributed by atoms with Crippen molar-refractivity contribution in [1.82, 2.24) is 15.5 Å². The lowest BCUT2D eigenvalue weighted by Gasteiger charge is -2.30. The van der Waals surface area contributed by atoms with E-state index in [2.05, 4.69) is 26.6 Å². The third-order valence-electron chi connectivity index (χ3n) is 3.61. The molecule has 2 N–H and O–H groups in total. The van der Waals surface area contributed by atoms with Crippen LogP contribution in [0.3, 0.4) is 0 Å². The van der Waals surface area contributed by atoms with Gasteiger partial charge >= 0.3 is 0 Å². The monoisotopic (exact) mass is 308 g/mol. The number of hydrogen-bond donors (Lipinski definition) is 2. The summed E-state index contributed by atoms with van der Waals surface area (Å²) in [5.74, 6) is 0.561. The number of aromatic nitrogens is 2. The van der Waals surface area contributed by atoms with Gasteiger partial charge in [0.2, 0.25) is 11.8 Å². The highest BCUT2D eigenvalue weighted by Crippen LogP contribution is 2.37. The van der Waals surface area contributed by atoms with Crippen molar-refractivity contribution in [3.63, 3.8) is 0 Å². The Kier molecular flexibility index (Phi) is 3.93. The molecule has 1 atom stereocenters. The number of alkyl halides is 1. The largest absolute Gasteiger partial charge is 0.418 e. The molecule has 21 heavy (non-hydrogen) atoms. The predicted octanol–water partition coefficient (Wildman–Crippen LogP) is 1.66. The van der Waals surface area contributed by atoms with Crippen LogP contribution in [0.1, 0.15) is 31.5 Å². The van der Waals surface area contributed by atoms with Gasteiger partial charge in [-0.2, -0.15) is 0 Å². The Hall–Kier alpha value is -1.50. The fourth-order valence-corrected chi connectivity index (χ4v) is 2.91. The average Bonchev–Trinajstić information content (AvgIpc) is 2.96. The van der Waals surface area contributed by atoms with E-state index in [9.17, 15) is 0 Å². The lowest BCUT2D eigenvalue weighted by Crippen LogP contribution is -2.35. The Labute approximate surface area is 127 Å². The lowest BCUT2D eigenvalue weighted by atomic mass is 9.87. The molecule has 0 saturated heterocycles. The van der Waals surface area contributed by atoms with Crippen LogP contribution in [0.15, 0.2) is 27.3 Å². The average molecular weight is 309 g/mol. The first kappa shape index (κ1) is 14.4. The van der Waals surface area contributed by atoms with Gasteiger partial charge in [0, 0.05) is 24.7 Å². The Balaban J connectivity index is 1.91. The zero-order valence-electron chi connectivity index (χ0n) is 11.8. The molecule has 7 heteroatoms. The van der Waals surface area contributed by atoms with E-state index in [4.69, 9.17) is 21.1 Å². The highest BCUT2D eigenvalue weighted by atomic mass is 35.5. The molecular formula is C14H17ClN4O2. The fourth-order valence-electron chi connectivity index (χ4n) is 2.60. The molecular weight excluding hydrogens is 292 g/mol. The van der Waals surface area contributed by atoms with Crippen molar-refractivity contribution in [3.8, 4) is 0 Å². The molecule has 0 aliphatic carbocycles. The van der Waals surface area contributed by atoms with Gasteiger partial charge in [0.05, 0.1) is 10.6 Å². The predicted molar refractivity (Wildman–Crippen MR) is 80.1 cm³/mol. The highest BCUT2D eigenvalue weighted by molar-refractivity contribution is 6.39. The van der Waals surface area contributed by atoms with E-state index in [1.165, 1.54) is 5.57 Å². The summed E-state index contributed by atoms with van der Waals surface area (Å²) >= 11 is 6.68. The van der Waals surface area contributed by atoms with Crippen LogP contribution >= 0.6 is 11.6 Å². The molecule has 3 rings (SSSR count). The molecule has 0 bridgehead atoms. The maximum absolute atomic E-state index is 8.98. The standard InChI is InChI=1S/C14H17ClN4O2/c1-14(15)6-10(13-19-18-11(8-20)21-13)7-17-12(14)9-2-4-16-5-3-9/h2,7,16,20H,3-6,8H2,1H3. The van der Waals surface area contributed by atoms with E-state index < -0.39 is 4.87 Å². The third-order valence-corrected chi connectivity index (χ3v) is 3.92. The van der Waals surface area contributed by atoms with Gasteiger partial charge in [-0.25, -0.2) is 0 Å². The zero-order valence-corrected chi connectivity index (χ0v) is 12.5. The summed E-state index contributed by atoms with van der Waals surface area (Å²) in [6, 6.07) is 0. The van der Waals surface area contributed by atoms with E-state index >= 15 is 0 Å². The minimum absolute atomic E-state index is 0.193. The van der Waals surface area contributed by atoms with Gasteiger partial charge in [-0.3, -0.25) is 4.99 Å². The van der Waals surface area contributed by atoms with Crippen LogP contribution < -0.4 is 5.32 Å². The molecule has 0 fully saturated rings. The zero-order chi connectivity index (χ0) is 14.9. The maximum atomic E-state index is 8.98. The van der Waals surface area contributed by atoms with Gasteiger partial charge in [0.15, 0.2) is 0 Å². The second-order valence-corrected chi connectivity index (χ2v) is 6.18. The smallest absolute Gasteiger partial charge is 0.245 e. The Morgan fingerprint density at radius 1 is 1.43 bits per heavy atom. The van der Waals surface area contributed by atoms with Crippen molar-refractivity contribution in [1.29, 1.82) is 0 Å². The van der Waals surface area contributed by atoms with Crippen LogP contribution in [0.25, 0.3) is 5.57 Å². The molecule has 6 nitrogen and oxygen atoms in total. The van der Waals surface area contributed by atoms with Gasteiger partial charge in [0.1, 0.15) is 6.61 Å². The van der Waals surface area contributed by atoms with Crippen LogP contribution in [0, 0.1) is 0 Å². The number of aliphatic hydroxyl groups excluding tert-OH is 1. The van der Waals surface area contributed by atoms with Gasteiger partial charge < -0.3 is 14.8 Å². The van der Waals surface area contributed by atoms with Gasteiger partial charge in [0.25, 0.3) is 0 Å². The summed E-state index contributed by atoms with van der Waals surface area (Å²) in [6.45, 7) is 3.47. The Morgan fingerprint density at radius 2 is 2.29 bits per heavy atom. The van der Waals surface area contributed by atoms with E-state index in [1.54, 1.807) is 6.20 Å². The molecule has 2 aliphatic heterocycles. The first-order valence-corrected chi connectivity index (χ1v) is 7.28. The summed E-state index contributed by atoms with van der Waals surface area (Å²) in [5.41, 5.74) is 2.90. The molecule has 0 aromatic carbocycles. The summed E-state index contributed by atoms with van der Waals surface area (Å²) < 4.78 is 5.35. The molecule has 0 saturated carbocycles. The number of rotatable bonds is 3. The number of aliphatic hydroxyl groups is 1. The minimum atomic E-state index is -0.596. The Morgan fingerprint density at radius 3 is 2.90 bits per heavy atom. The highest BCUT2D eigenvalue weighted by Gasteiger charge is 2.35. The minimum Gasteiger partial charge on any atom is -0.418 e. The van der Waals surface area contributed by atoms with Crippen LogP contribution in [0.2, 0.25) is 0 Å². The van der Waals surface area contributed by atoms with Crippen molar-refractivity contribution in [2.75, 3.05) is 13.1 Å². The van der Waals surface area contributed by atoms with E-state index in [-0.39, 0.29) is 12.5 Å². The van der Waals surface area contributed by atoms with Crippen LogP contribution in [0.5, 0.6) is 0 Å². The summed E-state index contributed by atoms with van der Waals surface area (Å²) in [7, 11) is 0. The van der Waals surface area contributed by atoms with Crippen LogP contribution in [-0.4, -0.2) is 39.0 Å². The third kappa shape index (κ3) is 2.92. The van der Waals surface area contributed by atoms with Crippen molar-refractivity contribution in [2.24, 2.45) is 4.99 Å². The van der Waals surface area contributed by atoms with Gasteiger partial charge in [-0.15, -0.1) is 21.8 Å². The molecule has 3 heterocycles. The summed E-state index contributed by atoms with van der Waals surface area (Å²) in [5, 5.41) is 19.9. The van der Waals surface area contributed by atoms with Crippen molar-refractivity contribution < 1.29 is 9.52 Å². The van der Waals surface area contributed by atoms with E-state index in [1.807, 2.05) is 6.92 Å². The Bertz CT molecular complexity index is 631. The van der Waals surface area contributed by atoms with Crippen LogP contribution in [-0.2, 0) is 6.61 Å². The van der Waals surface area contributed by atoms with Gasteiger partial charge in [-0.05, 0) is 25.5 Å². The molecule has 1 aromatic rings. The number of nitrogens with one attached hydrogen (secondary N) is 1. The number of aliphatic imine (C=N–C) groups is 1. The number of halogens is 1. The van der Waals surface area contributed by atoms with Crippen LogP contribution in [0.4, 0.5) is 0 Å². The van der Waals surface area contributed by atoms with E-state index in [0.717, 1.165) is 30.8 Å². The SMILES string of the molecule is CC1(Cl)CC(c2nnc(CO)o2)=CN=C1C1=CCNCC1. The molecule has 112 valence electrons. The number of hydrogen-bond acceptors (Lipinski definition) is 6. The van der Waals surface area contributed by atoms with Crippen molar-refractivity contribution in [3.05, 3.63) is 29.6 Å². The number of nitrogens with zero attached hydrogens (tertiary/aromatic N) is 3. The quantitative estimate of drug-likeness (QED) is 0.830. The maximum Gasteiger partial charge on any atom is 0.245 e. The van der Waals surface area contributed by atoms with E-state index in [0.29, 0.717) is 12.3 Å². The second-order valence-electron chi connectivity index (χ2n) is 5.35. The van der Waals surface area contributed by atoms with Crippen molar-refractivity contribution in [2.45, 2.75) is 31.2 Å². The molecule has 1 unspecified atom stereocenters. The molecule has 0 amide bonds. The number of allylic oxidation sites excluding steroid dienone is 1.